The lowest BCUT2D eigenvalue weighted by Gasteiger charge is -2.03. The van der Waals surface area contributed by atoms with E-state index < -0.39 is 0 Å². The van der Waals surface area contributed by atoms with Gasteiger partial charge in [0.2, 0.25) is 17.0 Å². The van der Waals surface area contributed by atoms with Gasteiger partial charge in [0.1, 0.15) is 0 Å². The molecular weight excluding hydrogens is 348 g/mol. The van der Waals surface area contributed by atoms with E-state index in [0.29, 0.717) is 17.6 Å². The second-order valence-corrected chi connectivity index (χ2v) is 6.24. The summed E-state index contributed by atoms with van der Waals surface area (Å²) in [6.45, 7) is 0.509. The van der Waals surface area contributed by atoms with Crippen LogP contribution in [-0.4, -0.2) is 33.1 Å². The molecule has 132 valence electrons. The van der Waals surface area contributed by atoms with Gasteiger partial charge in [-0.2, -0.15) is 10.1 Å². The standard InChI is InChI=1S/C18H18N6OS/c25-16(19-11-14-7-3-1-4-8-14)13-26-18-21-17(23-24-18)22-20-12-15-9-5-2-6-10-15/h1-10,12H,11,13H2,(H,19,25)(H2,21,22,23,24)/b20-12-. The van der Waals surface area contributed by atoms with Crippen molar-refractivity contribution in [2.75, 3.05) is 11.2 Å². The van der Waals surface area contributed by atoms with E-state index in [1.54, 1.807) is 6.21 Å². The van der Waals surface area contributed by atoms with Gasteiger partial charge in [0.25, 0.3) is 0 Å². The zero-order valence-electron chi connectivity index (χ0n) is 13.9. The Kier molecular flexibility index (Phi) is 6.38. The van der Waals surface area contributed by atoms with Crippen LogP contribution >= 0.6 is 11.8 Å². The molecular formula is C18H18N6OS. The van der Waals surface area contributed by atoms with Gasteiger partial charge < -0.3 is 5.32 Å². The van der Waals surface area contributed by atoms with Crippen LogP contribution in [-0.2, 0) is 11.3 Å². The fraction of sp³-hybridized carbons (Fsp3) is 0.111. The van der Waals surface area contributed by atoms with E-state index in [2.05, 4.69) is 31.0 Å². The van der Waals surface area contributed by atoms with Crippen LogP contribution in [0, 0.1) is 0 Å². The van der Waals surface area contributed by atoms with Crippen LogP contribution in [0.25, 0.3) is 0 Å². The summed E-state index contributed by atoms with van der Waals surface area (Å²) in [5.74, 6) is 0.599. The van der Waals surface area contributed by atoms with Gasteiger partial charge in [0.05, 0.1) is 12.0 Å². The second-order valence-electron chi connectivity index (χ2n) is 5.30. The molecule has 3 N–H and O–H groups in total. The Hall–Kier alpha value is -3.13. The van der Waals surface area contributed by atoms with E-state index >= 15 is 0 Å². The van der Waals surface area contributed by atoms with Crippen LogP contribution in [0.1, 0.15) is 11.1 Å². The Morgan fingerprint density at radius 3 is 2.62 bits per heavy atom. The molecule has 1 heterocycles. The van der Waals surface area contributed by atoms with Crippen molar-refractivity contribution in [1.29, 1.82) is 0 Å². The highest BCUT2D eigenvalue weighted by atomic mass is 32.2. The predicted octanol–water partition coefficient (Wildman–Crippen LogP) is 2.66. The number of aromatic nitrogens is 3. The van der Waals surface area contributed by atoms with Gasteiger partial charge in [0, 0.05) is 6.54 Å². The maximum Gasteiger partial charge on any atom is 0.240 e. The van der Waals surface area contributed by atoms with Crippen molar-refractivity contribution in [3.8, 4) is 0 Å². The first-order chi connectivity index (χ1) is 12.8. The third kappa shape index (κ3) is 5.75. The van der Waals surface area contributed by atoms with Gasteiger partial charge in [-0.15, -0.1) is 5.10 Å². The average molecular weight is 366 g/mol. The van der Waals surface area contributed by atoms with Crippen LogP contribution in [0.2, 0.25) is 0 Å². The van der Waals surface area contributed by atoms with Crippen molar-refractivity contribution in [3.63, 3.8) is 0 Å². The molecule has 3 aromatic rings. The largest absolute Gasteiger partial charge is 0.351 e. The Bertz CT molecular complexity index is 850. The molecule has 0 unspecified atom stereocenters. The number of H-pyrrole nitrogens is 1. The van der Waals surface area contributed by atoms with Crippen LogP contribution in [0.4, 0.5) is 5.95 Å². The Labute approximate surface area is 155 Å². The van der Waals surface area contributed by atoms with Gasteiger partial charge in [-0.25, -0.2) is 10.5 Å². The minimum absolute atomic E-state index is 0.0692. The second kappa shape index (κ2) is 9.38. The summed E-state index contributed by atoms with van der Waals surface area (Å²) < 4.78 is 0. The number of hydrogen-bond acceptors (Lipinski definition) is 6. The number of carbonyl (C=O) groups excluding carboxylic acids is 1. The first-order valence-corrected chi connectivity index (χ1v) is 8.98. The molecule has 0 aliphatic heterocycles. The molecule has 0 fully saturated rings. The Morgan fingerprint density at radius 1 is 1.12 bits per heavy atom. The summed E-state index contributed by atoms with van der Waals surface area (Å²) in [6, 6.07) is 19.5. The molecule has 0 saturated carbocycles. The number of hydrogen-bond donors (Lipinski definition) is 3. The van der Waals surface area contributed by atoms with Crippen LogP contribution < -0.4 is 10.7 Å². The van der Waals surface area contributed by atoms with Gasteiger partial charge in [-0.1, -0.05) is 72.4 Å². The Balaban J connectivity index is 1.40. The molecule has 0 atom stereocenters. The third-order valence-corrected chi connectivity index (χ3v) is 4.16. The number of nitrogens with zero attached hydrogens (tertiary/aromatic N) is 3. The van der Waals surface area contributed by atoms with Crippen molar-refractivity contribution in [3.05, 3.63) is 71.8 Å². The van der Waals surface area contributed by atoms with Gasteiger partial charge in [-0.05, 0) is 11.1 Å². The van der Waals surface area contributed by atoms with Crippen molar-refractivity contribution in [1.82, 2.24) is 20.5 Å². The number of nitrogens with one attached hydrogen (secondary N) is 3. The molecule has 2 aromatic carbocycles. The number of thioether (sulfide) groups is 1. The van der Waals surface area contributed by atoms with Crippen molar-refractivity contribution >= 4 is 29.8 Å². The number of benzene rings is 2. The van der Waals surface area contributed by atoms with Gasteiger partial charge in [-0.3, -0.25) is 4.79 Å². The number of aromatic amines is 1. The predicted molar refractivity (Wildman–Crippen MR) is 103 cm³/mol. The molecule has 0 spiro atoms. The molecule has 0 saturated heterocycles. The van der Waals surface area contributed by atoms with Gasteiger partial charge >= 0.3 is 0 Å². The lowest BCUT2D eigenvalue weighted by Crippen LogP contribution is -2.24. The fourth-order valence-corrected chi connectivity index (χ4v) is 2.67. The molecule has 0 aliphatic rings. The van der Waals surface area contributed by atoms with E-state index in [-0.39, 0.29) is 11.7 Å². The monoisotopic (exact) mass is 366 g/mol. The van der Waals surface area contributed by atoms with Crippen molar-refractivity contribution < 1.29 is 4.79 Å². The summed E-state index contributed by atoms with van der Waals surface area (Å²) in [6.07, 6.45) is 1.69. The highest BCUT2D eigenvalue weighted by Gasteiger charge is 2.07. The Morgan fingerprint density at radius 2 is 1.85 bits per heavy atom. The number of hydrazone groups is 1. The van der Waals surface area contributed by atoms with Crippen LogP contribution in [0.5, 0.6) is 0 Å². The summed E-state index contributed by atoms with van der Waals surface area (Å²) in [7, 11) is 0. The van der Waals surface area contributed by atoms with Crippen LogP contribution in [0.3, 0.4) is 0 Å². The van der Waals surface area contributed by atoms with Crippen LogP contribution in [0.15, 0.2) is 70.9 Å². The molecule has 7 nitrogen and oxygen atoms in total. The quantitative estimate of drug-likeness (QED) is 0.324. The molecule has 0 bridgehead atoms. The van der Waals surface area contributed by atoms with E-state index in [1.807, 2.05) is 60.7 Å². The van der Waals surface area contributed by atoms with Crippen molar-refractivity contribution in [2.45, 2.75) is 11.7 Å². The van der Waals surface area contributed by atoms with E-state index in [9.17, 15) is 4.79 Å². The summed E-state index contributed by atoms with van der Waals surface area (Å²) >= 11 is 1.26. The number of rotatable bonds is 8. The zero-order chi connectivity index (χ0) is 18.0. The number of amides is 1. The lowest BCUT2D eigenvalue weighted by molar-refractivity contribution is -0.118. The fourth-order valence-electron chi connectivity index (χ4n) is 2.05. The van der Waals surface area contributed by atoms with Gasteiger partial charge in [0.15, 0.2) is 0 Å². The molecule has 1 aromatic heterocycles. The summed E-state index contributed by atoms with van der Waals surface area (Å²) in [5.41, 5.74) is 4.81. The zero-order valence-corrected chi connectivity index (χ0v) is 14.7. The minimum atomic E-state index is -0.0692. The third-order valence-electron chi connectivity index (χ3n) is 3.31. The molecule has 1 amide bonds. The molecule has 26 heavy (non-hydrogen) atoms. The highest BCUT2D eigenvalue weighted by molar-refractivity contribution is 7.99. The normalized spacial score (nSPS) is 10.8. The number of carbonyl (C=O) groups is 1. The molecule has 3 rings (SSSR count). The maximum absolute atomic E-state index is 11.9. The molecule has 0 aliphatic carbocycles. The topological polar surface area (TPSA) is 95.1 Å². The van der Waals surface area contributed by atoms with Crippen molar-refractivity contribution in [2.24, 2.45) is 5.10 Å². The summed E-state index contributed by atoms with van der Waals surface area (Å²) in [4.78, 5) is 16.1. The van der Waals surface area contributed by atoms with E-state index in [0.717, 1.165) is 11.1 Å². The summed E-state index contributed by atoms with van der Waals surface area (Å²) in [5, 5.41) is 14.2. The maximum atomic E-state index is 11.9. The average Bonchev–Trinajstić information content (AvgIpc) is 3.14. The minimum Gasteiger partial charge on any atom is -0.351 e. The smallest absolute Gasteiger partial charge is 0.240 e. The van der Waals surface area contributed by atoms with E-state index in [4.69, 9.17) is 0 Å². The van der Waals surface area contributed by atoms with E-state index in [1.165, 1.54) is 11.8 Å². The first kappa shape index (κ1) is 17.7. The SMILES string of the molecule is O=C(CSc1n[nH]c(N/N=C\c2ccccc2)n1)NCc1ccccc1. The molecule has 8 heteroatoms. The number of anilines is 1. The highest BCUT2D eigenvalue weighted by Crippen LogP contribution is 2.13. The lowest BCUT2D eigenvalue weighted by atomic mass is 10.2. The first-order valence-electron chi connectivity index (χ1n) is 7.99. The molecule has 0 radical (unpaired) electrons.